The summed E-state index contributed by atoms with van der Waals surface area (Å²) in [6.07, 6.45) is 0. The second kappa shape index (κ2) is 7.89. The highest BCUT2D eigenvalue weighted by atomic mass is 32.2. The molecule has 0 bridgehead atoms. The van der Waals surface area contributed by atoms with Gasteiger partial charge in [0, 0.05) is 31.4 Å². The number of aromatic nitrogens is 4. The molecule has 0 unspecified atom stereocenters. The molecular formula is C15H19N7O2S2. The van der Waals surface area contributed by atoms with Crippen LogP contribution in [0.1, 0.15) is 12.6 Å². The van der Waals surface area contributed by atoms with Crippen LogP contribution in [0, 0.1) is 6.92 Å². The Hall–Kier alpha value is -2.37. The Labute approximate surface area is 155 Å². The van der Waals surface area contributed by atoms with Crippen molar-refractivity contribution in [3.63, 3.8) is 0 Å². The lowest BCUT2D eigenvalue weighted by Gasteiger charge is -2.10. The van der Waals surface area contributed by atoms with Crippen LogP contribution in [0.15, 0.2) is 29.2 Å². The standard InChI is InChI=1S/C15H19N7O2S2/c1-3-16-15-19-10(2)9-13(20-15)17-7-8-18-26(23,24)12-6-4-5-11-14(12)22-25-21-11/h4-6,9,18H,3,7-8H2,1-2H3,(H2,16,17,19,20). The van der Waals surface area contributed by atoms with Crippen LogP contribution in [0.25, 0.3) is 11.0 Å². The van der Waals surface area contributed by atoms with Crippen LogP contribution in [0.5, 0.6) is 0 Å². The molecule has 3 aromatic rings. The number of nitrogens with zero attached hydrogens (tertiary/aromatic N) is 4. The van der Waals surface area contributed by atoms with Gasteiger partial charge in [-0.2, -0.15) is 13.7 Å². The minimum absolute atomic E-state index is 0.135. The monoisotopic (exact) mass is 393 g/mol. The summed E-state index contributed by atoms with van der Waals surface area (Å²) in [5.41, 5.74) is 1.78. The fourth-order valence-corrected chi connectivity index (χ4v) is 4.14. The molecule has 138 valence electrons. The highest BCUT2D eigenvalue weighted by molar-refractivity contribution is 7.89. The van der Waals surface area contributed by atoms with Crippen molar-refractivity contribution in [1.82, 2.24) is 23.4 Å². The average molecular weight is 393 g/mol. The van der Waals surface area contributed by atoms with Gasteiger partial charge in [0.2, 0.25) is 16.0 Å². The fourth-order valence-electron chi connectivity index (χ4n) is 2.35. The molecule has 1 aromatic carbocycles. The lowest BCUT2D eigenvalue weighted by atomic mass is 10.3. The smallest absolute Gasteiger partial charge is 0.242 e. The first-order valence-corrected chi connectivity index (χ1v) is 10.3. The Bertz CT molecular complexity index is 1000. The van der Waals surface area contributed by atoms with Gasteiger partial charge in [0.1, 0.15) is 21.7 Å². The van der Waals surface area contributed by atoms with Gasteiger partial charge in [0.15, 0.2) is 0 Å². The molecule has 0 saturated carbocycles. The molecule has 0 aliphatic carbocycles. The van der Waals surface area contributed by atoms with E-state index in [4.69, 9.17) is 0 Å². The Morgan fingerprint density at radius 1 is 1.12 bits per heavy atom. The van der Waals surface area contributed by atoms with E-state index in [1.807, 2.05) is 13.8 Å². The zero-order chi connectivity index (χ0) is 18.6. The zero-order valence-electron chi connectivity index (χ0n) is 14.4. The summed E-state index contributed by atoms with van der Waals surface area (Å²) in [6.45, 7) is 5.15. The first-order valence-electron chi connectivity index (χ1n) is 8.04. The fraction of sp³-hybridized carbons (Fsp3) is 0.333. The third-order valence-corrected chi connectivity index (χ3v) is 5.49. The molecule has 0 saturated heterocycles. The number of benzene rings is 1. The first kappa shape index (κ1) is 18.4. The van der Waals surface area contributed by atoms with Crippen molar-refractivity contribution in [2.75, 3.05) is 30.3 Å². The largest absolute Gasteiger partial charge is 0.369 e. The lowest BCUT2D eigenvalue weighted by Crippen LogP contribution is -2.29. The van der Waals surface area contributed by atoms with E-state index in [2.05, 4.69) is 34.1 Å². The SMILES string of the molecule is CCNc1nc(C)cc(NCCNS(=O)(=O)c2cccc3nsnc23)n1. The van der Waals surface area contributed by atoms with E-state index in [0.29, 0.717) is 29.3 Å². The number of hydrogen-bond acceptors (Lipinski definition) is 9. The number of anilines is 2. The van der Waals surface area contributed by atoms with Crippen LogP contribution in [-0.2, 0) is 10.0 Å². The van der Waals surface area contributed by atoms with Gasteiger partial charge in [0.05, 0.1) is 11.7 Å². The normalized spacial score (nSPS) is 11.6. The number of hydrogen-bond donors (Lipinski definition) is 3. The van der Waals surface area contributed by atoms with Crippen LogP contribution in [0.4, 0.5) is 11.8 Å². The van der Waals surface area contributed by atoms with Crippen molar-refractivity contribution in [3.8, 4) is 0 Å². The number of sulfonamides is 1. The van der Waals surface area contributed by atoms with Crippen molar-refractivity contribution >= 4 is 44.6 Å². The van der Waals surface area contributed by atoms with Gasteiger partial charge in [0.25, 0.3) is 0 Å². The molecule has 11 heteroatoms. The topological polar surface area (TPSA) is 122 Å². The summed E-state index contributed by atoms with van der Waals surface area (Å²) in [6, 6.07) is 6.72. The second-order valence-corrected chi connectivity index (χ2v) is 7.72. The van der Waals surface area contributed by atoms with E-state index < -0.39 is 10.0 Å². The highest BCUT2D eigenvalue weighted by Crippen LogP contribution is 2.20. The van der Waals surface area contributed by atoms with Gasteiger partial charge >= 0.3 is 0 Å². The quantitative estimate of drug-likeness (QED) is 0.494. The number of nitrogens with one attached hydrogen (secondary N) is 3. The van der Waals surface area contributed by atoms with Crippen molar-refractivity contribution in [2.24, 2.45) is 0 Å². The molecule has 9 nitrogen and oxygen atoms in total. The van der Waals surface area contributed by atoms with Crippen molar-refractivity contribution in [3.05, 3.63) is 30.0 Å². The van der Waals surface area contributed by atoms with E-state index >= 15 is 0 Å². The summed E-state index contributed by atoms with van der Waals surface area (Å²) >= 11 is 0.991. The molecule has 0 aliphatic heterocycles. The van der Waals surface area contributed by atoms with Crippen LogP contribution in [0.2, 0.25) is 0 Å². The van der Waals surface area contributed by atoms with Crippen LogP contribution < -0.4 is 15.4 Å². The number of rotatable bonds is 8. The Kier molecular flexibility index (Phi) is 5.59. The average Bonchev–Trinajstić information content (AvgIpc) is 3.07. The summed E-state index contributed by atoms with van der Waals surface area (Å²) in [7, 11) is -3.67. The maximum absolute atomic E-state index is 12.5. The number of aryl methyl sites for hydroxylation is 1. The Balaban J connectivity index is 1.62. The van der Waals surface area contributed by atoms with Gasteiger partial charge in [-0.05, 0) is 26.0 Å². The van der Waals surface area contributed by atoms with Crippen molar-refractivity contribution in [2.45, 2.75) is 18.7 Å². The summed E-state index contributed by atoms with van der Waals surface area (Å²) in [4.78, 5) is 8.73. The lowest BCUT2D eigenvalue weighted by molar-refractivity contribution is 0.583. The van der Waals surface area contributed by atoms with Crippen LogP contribution >= 0.6 is 11.7 Å². The van der Waals surface area contributed by atoms with Gasteiger partial charge in [-0.3, -0.25) is 0 Å². The molecule has 0 aliphatic rings. The molecule has 0 spiro atoms. The summed E-state index contributed by atoms with van der Waals surface area (Å²) in [5, 5.41) is 6.15. The maximum atomic E-state index is 12.5. The van der Waals surface area contributed by atoms with Gasteiger partial charge in [-0.25, -0.2) is 18.1 Å². The van der Waals surface area contributed by atoms with E-state index in [0.717, 1.165) is 24.0 Å². The zero-order valence-corrected chi connectivity index (χ0v) is 16.0. The van der Waals surface area contributed by atoms with Crippen LogP contribution in [-0.4, -0.2) is 46.8 Å². The van der Waals surface area contributed by atoms with E-state index in [1.54, 1.807) is 18.2 Å². The molecule has 26 heavy (non-hydrogen) atoms. The van der Waals surface area contributed by atoms with Crippen molar-refractivity contribution < 1.29 is 8.42 Å². The molecule has 2 heterocycles. The third kappa shape index (κ3) is 4.23. The first-order chi connectivity index (χ1) is 12.5. The molecule has 0 atom stereocenters. The predicted octanol–water partition coefficient (Wildman–Crippen LogP) is 1.61. The second-order valence-electron chi connectivity index (χ2n) is 5.46. The van der Waals surface area contributed by atoms with E-state index in [9.17, 15) is 8.42 Å². The summed E-state index contributed by atoms with van der Waals surface area (Å²) < 4.78 is 35.7. The molecule has 0 radical (unpaired) electrons. The minimum atomic E-state index is -3.67. The van der Waals surface area contributed by atoms with Crippen molar-refractivity contribution in [1.29, 1.82) is 0 Å². The molecule has 3 N–H and O–H groups in total. The molecular weight excluding hydrogens is 374 g/mol. The molecule has 0 fully saturated rings. The van der Waals surface area contributed by atoms with Gasteiger partial charge in [-0.1, -0.05) is 6.07 Å². The number of fused-ring (bicyclic) bond motifs is 1. The highest BCUT2D eigenvalue weighted by Gasteiger charge is 2.18. The van der Waals surface area contributed by atoms with Gasteiger partial charge < -0.3 is 10.6 Å². The molecule has 3 rings (SSSR count). The van der Waals surface area contributed by atoms with Gasteiger partial charge in [-0.15, -0.1) is 0 Å². The Morgan fingerprint density at radius 3 is 2.77 bits per heavy atom. The minimum Gasteiger partial charge on any atom is -0.369 e. The van der Waals surface area contributed by atoms with E-state index in [1.165, 1.54) is 6.07 Å². The van der Waals surface area contributed by atoms with E-state index in [-0.39, 0.29) is 11.4 Å². The maximum Gasteiger partial charge on any atom is 0.242 e. The third-order valence-electron chi connectivity index (χ3n) is 3.45. The molecule has 2 aromatic heterocycles. The molecule has 0 amide bonds. The summed E-state index contributed by atoms with van der Waals surface area (Å²) in [5.74, 6) is 1.18. The Morgan fingerprint density at radius 2 is 1.96 bits per heavy atom. The van der Waals surface area contributed by atoms with Crippen LogP contribution in [0.3, 0.4) is 0 Å². The predicted molar refractivity (Wildman–Crippen MR) is 102 cm³/mol.